The number of hydrogen-bond donors (Lipinski definition) is 1. The highest BCUT2D eigenvalue weighted by molar-refractivity contribution is 7.98. The van der Waals surface area contributed by atoms with Crippen LogP contribution in [0.3, 0.4) is 0 Å². The zero-order valence-electron chi connectivity index (χ0n) is 14.1. The molecule has 0 atom stereocenters. The molecule has 132 valence electrons. The lowest BCUT2D eigenvalue weighted by molar-refractivity contribution is -0.384. The predicted octanol–water partition coefficient (Wildman–Crippen LogP) is 3.87. The number of aromatic nitrogens is 2. The van der Waals surface area contributed by atoms with Gasteiger partial charge in [0.05, 0.1) is 4.92 Å². The molecule has 3 aromatic rings. The SMILES string of the molecule is Cc1nc(SCc2ccc([N+](=O)[O-])cc2)[nH]c(=O)c1Cc1ccccc1. The first kappa shape index (κ1) is 17.9. The summed E-state index contributed by atoms with van der Waals surface area (Å²) in [6.07, 6.45) is 0.544. The van der Waals surface area contributed by atoms with Crippen molar-refractivity contribution in [1.82, 2.24) is 9.97 Å². The maximum Gasteiger partial charge on any atom is 0.269 e. The average Bonchev–Trinajstić information content (AvgIpc) is 2.64. The monoisotopic (exact) mass is 367 g/mol. The number of hydrogen-bond acceptors (Lipinski definition) is 5. The van der Waals surface area contributed by atoms with Crippen LogP contribution in [0.4, 0.5) is 5.69 Å². The molecule has 0 bridgehead atoms. The maximum absolute atomic E-state index is 12.4. The van der Waals surface area contributed by atoms with Crippen LogP contribution in [-0.2, 0) is 12.2 Å². The summed E-state index contributed by atoms with van der Waals surface area (Å²) < 4.78 is 0. The van der Waals surface area contributed by atoms with Crippen molar-refractivity contribution in [3.8, 4) is 0 Å². The van der Waals surface area contributed by atoms with Crippen LogP contribution in [0.5, 0.6) is 0 Å². The molecule has 0 radical (unpaired) electrons. The van der Waals surface area contributed by atoms with Gasteiger partial charge >= 0.3 is 0 Å². The standard InChI is InChI=1S/C19H17N3O3S/c1-13-17(11-14-5-3-2-4-6-14)18(23)21-19(20-13)26-12-15-7-9-16(10-8-15)22(24)25/h2-10H,11-12H2,1H3,(H,20,21,23). The number of nitro groups is 1. The highest BCUT2D eigenvalue weighted by Crippen LogP contribution is 2.21. The van der Waals surface area contributed by atoms with E-state index in [9.17, 15) is 14.9 Å². The lowest BCUT2D eigenvalue weighted by Crippen LogP contribution is -2.17. The Bertz CT molecular complexity index is 970. The van der Waals surface area contributed by atoms with Crippen LogP contribution >= 0.6 is 11.8 Å². The van der Waals surface area contributed by atoms with Gasteiger partial charge in [-0.1, -0.05) is 54.2 Å². The second-order valence-corrected chi connectivity index (χ2v) is 6.77. The Labute approximate surface area is 154 Å². The van der Waals surface area contributed by atoms with Crippen LogP contribution in [0.15, 0.2) is 64.5 Å². The van der Waals surface area contributed by atoms with E-state index in [1.807, 2.05) is 37.3 Å². The summed E-state index contributed by atoms with van der Waals surface area (Å²) in [5.41, 5.74) is 3.29. The summed E-state index contributed by atoms with van der Waals surface area (Å²) in [5.74, 6) is 0.568. The minimum Gasteiger partial charge on any atom is -0.301 e. The number of rotatable bonds is 6. The van der Waals surface area contributed by atoms with E-state index in [1.54, 1.807) is 12.1 Å². The number of thioether (sulfide) groups is 1. The van der Waals surface area contributed by atoms with Gasteiger partial charge in [-0.15, -0.1) is 0 Å². The number of non-ortho nitro benzene ring substituents is 1. The van der Waals surface area contributed by atoms with Gasteiger partial charge in [0.1, 0.15) is 0 Å². The minimum absolute atomic E-state index is 0.0615. The number of aromatic amines is 1. The van der Waals surface area contributed by atoms with Crippen LogP contribution in [0, 0.1) is 17.0 Å². The van der Waals surface area contributed by atoms with Crippen LogP contribution in [0.2, 0.25) is 0 Å². The van der Waals surface area contributed by atoms with E-state index in [0.29, 0.717) is 28.6 Å². The van der Waals surface area contributed by atoms with Crippen LogP contribution < -0.4 is 5.56 Å². The Hall–Kier alpha value is -2.93. The van der Waals surface area contributed by atoms with Gasteiger partial charge in [0, 0.05) is 35.6 Å². The van der Waals surface area contributed by atoms with Gasteiger partial charge in [-0.05, 0) is 18.1 Å². The van der Waals surface area contributed by atoms with Crippen molar-refractivity contribution in [3.63, 3.8) is 0 Å². The second-order valence-electron chi connectivity index (χ2n) is 5.81. The lowest BCUT2D eigenvalue weighted by atomic mass is 10.1. The lowest BCUT2D eigenvalue weighted by Gasteiger charge is -2.07. The quantitative estimate of drug-likeness (QED) is 0.309. The van der Waals surface area contributed by atoms with E-state index in [0.717, 1.165) is 11.1 Å². The van der Waals surface area contributed by atoms with Crippen LogP contribution in [0.1, 0.15) is 22.4 Å². The molecule has 0 unspecified atom stereocenters. The summed E-state index contributed by atoms with van der Waals surface area (Å²) >= 11 is 1.39. The van der Waals surface area contributed by atoms with Crippen molar-refractivity contribution < 1.29 is 4.92 Å². The first-order valence-electron chi connectivity index (χ1n) is 8.03. The number of aryl methyl sites for hydroxylation is 1. The molecule has 7 heteroatoms. The van der Waals surface area contributed by atoms with Gasteiger partial charge < -0.3 is 4.98 Å². The molecule has 1 aromatic heterocycles. The molecule has 0 saturated heterocycles. The Morgan fingerprint density at radius 2 is 1.77 bits per heavy atom. The van der Waals surface area contributed by atoms with E-state index in [1.165, 1.54) is 23.9 Å². The molecule has 1 heterocycles. The molecule has 26 heavy (non-hydrogen) atoms. The number of nitrogens with one attached hydrogen (secondary N) is 1. The summed E-state index contributed by atoms with van der Waals surface area (Å²) in [5, 5.41) is 11.2. The normalized spacial score (nSPS) is 10.7. The first-order valence-corrected chi connectivity index (χ1v) is 9.01. The highest BCUT2D eigenvalue weighted by Gasteiger charge is 2.10. The van der Waals surface area contributed by atoms with E-state index < -0.39 is 4.92 Å². The molecule has 2 aromatic carbocycles. The highest BCUT2D eigenvalue weighted by atomic mass is 32.2. The molecule has 3 rings (SSSR count). The fraction of sp³-hybridized carbons (Fsp3) is 0.158. The van der Waals surface area contributed by atoms with Crippen LogP contribution in [0.25, 0.3) is 0 Å². The summed E-state index contributed by atoms with van der Waals surface area (Å²) in [7, 11) is 0. The minimum atomic E-state index is -0.426. The van der Waals surface area contributed by atoms with Crippen molar-refractivity contribution in [2.75, 3.05) is 0 Å². The Balaban J connectivity index is 1.71. The van der Waals surface area contributed by atoms with Gasteiger partial charge in [-0.2, -0.15) is 0 Å². The van der Waals surface area contributed by atoms with E-state index in [-0.39, 0.29) is 11.2 Å². The summed E-state index contributed by atoms with van der Waals surface area (Å²) in [6.45, 7) is 1.84. The number of benzene rings is 2. The van der Waals surface area contributed by atoms with Crippen molar-refractivity contribution in [2.45, 2.75) is 24.3 Å². The third kappa shape index (κ3) is 4.37. The molecule has 0 amide bonds. The molecule has 6 nitrogen and oxygen atoms in total. The number of H-pyrrole nitrogens is 1. The Morgan fingerprint density at radius 1 is 1.08 bits per heavy atom. The molecule has 0 aliphatic rings. The molecular weight excluding hydrogens is 350 g/mol. The molecule has 0 fully saturated rings. The van der Waals surface area contributed by atoms with E-state index in [2.05, 4.69) is 9.97 Å². The molecule has 0 aliphatic carbocycles. The predicted molar refractivity (Wildman–Crippen MR) is 102 cm³/mol. The second kappa shape index (κ2) is 7.97. The zero-order chi connectivity index (χ0) is 18.5. The van der Waals surface area contributed by atoms with Crippen molar-refractivity contribution in [3.05, 3.63) is 97.4 Å². The molecule has 0 saturated carbocycles. The van der Waals surface area contributed by atoms with Gasteiger partial charge in [0.2, 0.25) is 0 Å². The van der Waals surface area contributed by atoms with Crippen LogP contribution in [-0.4, -0.2) is 14.9 Å². The zero-order valence-corrected chi connectivity index (χ0v) is 15.0. The smallest absolute Gasteiger partial charge is 0.269 e. The first-order chi connectivity index (χ1) is 12.5. The average molecular weight is 367 g/mol. The summed E-state index contributed by atoms with van der Waals surface area (Å²) in [6, 6.07) is 16.2. The molecule has 0 spiro atoms. The fourth-order valence-electron chi connectivity index (χ4n) is 2.53. The largest absolute Gasteiger partial charge is 0.301 e. The number of nitro benzene ring substituents is 1. The van der Waals surface area contributed by atoms with Crippen molar-refractivity contribution >= 4 is 17.4 Å². The van der Waals surface area contributed by atoms with E-state index in [4.69, 9.17) is 0 Å². The third-order valence-electron chi connectivity index (χ3n) is 3.95. The maximum atomic E-state index is 12.4. The Morgan fingerprint density at radius 3 is 2.38 bits per heavy atom. The van der Waals surface area contributed by atoms with Gasteiger partial charge in [-0.25, -0.2) is 4.98 Å². The molecule has 1 N–H and O–H groups in total. The number of nitrogens with zero attached hydrogens (tertiary/aromatic N) is 2. The van der Waals surface area contributed by atoms with Gasteiger partial charge in [-0.3, -0.25) is 14.9 Å². The molecule has 0 aliphatic heterocycles. The molecular formula is C19H17N3O3S. The van der Waals surface area contributed by atoms with Crippen molar-refractivity contribution in [1.29, 1.82) is 0 Å². The third-order valence-corrected chi connectivity index (χ3v) is 4.89. The van der Waals surface area contributed by atoms with E-state index >= 15 is 0 Å². The van der Waals surface area contributed by atoms with Gasteiger partial charge in [0.15, 0.2) is 5.16 Å². The topological polar surface area (TPSA) is 88.9 Å². The Kier molecular flexibility index (Phi) is 5.48. The van der Waals surface area contributed by atoms with Crippen molar-refractivity contribution in [2.24, 2.45) is 0 Å². The fourth-order valence-corrected chi connectivity index (χ4v) is 3.39. The summed E-state index contributed by atoms with van der Waals surface area (Å²) in [4.78, 5) is 30.0. The van der Waals surface area contributed by atoms with Gasteiger partial charge in [0.25, 0.3) is 11.2 Å².